The number of fused-ring (bicyclic) bond motifs is 1. The second-order valence-electron chi connectivity index (χ2n) is 24.8. The van der Waals surface area contributed by atoms with Gasteiger partial charge in [0, 0.05) is 48.4 Å². The minimum absolute atomic E-state index is 0.0479. The van der Waals surface area contributed by atoms with Crippen molar-refractivity contribution < 1.29 is 82.8 Å². The first-order chi connectivity index (χ1) is 45.2. The number of hydrogen-bond donors (Lipinski definition) is 18. The lowest BCUT2D eigenvalue weighted by Gasteiger charge is -2.32. The number of thioether (sulfide) groups is 1. The fraction of sp³-hybridized carbons (Fsp3) is 0.613. The quantitative estimate of drug-likeness (QED) is 0.0259. The maximum atomic E-state index is 14.6. The molecule has 20 N–H and O–H groups in total. The molecule has 15 atom stereocenters. The molecule has 0 bridgehead atoms. The predicted octanol–water partition coefficient (Wildman–Crippen LogP) is -3.92. The van der Waals surface area contributed by atoms with Crippen molar-refractivity contribution in [3.8, 4) is 0 Å². The van der Waals surface area contributed by atoms with E-state index >= 15 is 0 Å². The van der Waals surface area contributed by atoms with E-state index in [9.17, 15) is 82.8 Å². The molecular weight excluding hydrogens is 1270 g/mol. The zero-order chi connectivity index (χ0) is 71.8. The average Bonchev–Trinajstić information content (AvgIpc) is 1.85. The highest BCUT2D eigenvalue weighted by Gasteiger charge is 2.43. The summed E-state index contributed by atoms with van der Waals surface area (Å²) in [4.78, 5) is 190. The van der Waals surface area contributed by atoms with Crippen LogP contribution in [-0.4, -0.2) is 227 Å². The molecule has 0 aliphatic carbocycles. The number of nitrogens with one attached hydrogen (secondary N) is 12. The summed E-state index contributed by atoms with van der Waals surface area (Å²) in [6.07, 6.45) is 0.575. The SMILES string of the molecule is CC[C@H](C)[C@H](NC(=O)CN)C(=O)N[C@H](C(=O)N[C@@H](CC(C)C)C(=O)N[C@@H](Cc1cnc[nH]1)C(=O)N[C@@H](CC(N)=O)C(=O)N[C@H](C(=O)N[C@@H](CCSC)C(=O)N[C@H](C(=O)N1CCC[C@H]1C(=O)N[C@@H](Cc1c[nH]c2ccccc12)C(=O)N[C@H](C(=O)O)[C@@H](C)O)C(C)C)[C@@H](C)O)[C@@H](C)O. The lowest BCUT2D eigenvalue weighted by Crippen LogP contribution is -2.63. The van der Waals surface area contributed by atoms with E-state index in [0.29, 0.717) is 18.4 Å². The molecule has 1 aliphatic heterocycles. The lowest BCUT2D eigenvalue weighted by atomic mass is 9.97. The first-order valence-electron chi connectivity index (χ1n) is 31.8. The standard InChI is InChI=1S/C62H96N16O17S/c1-11-31(6)48(73-46(83)25-63)58(90)76-50(33(8)80)60(92)72-40(21-29(2)3)53(85)69-42(23-36-27-65-28-67-36)54(86)70-43(24-45(64)82)56(88)75-49(32(7)79)59(91)68-39(18-20-96-10)52(84)74-47(30(4)5)61(93)78-19-14-17-44(78)57(89)71-41(55(87)77-51(34(9)81)62(94)95)22-35-26-66-38-16-13-12-15-37(35)38/h12-13,15-16,26-34,39-44,47-51,66,79-81H,11,14,17-25,63H2,1-10H3,(H2,64,82)(H,65,67)(H,68,91)(H,69,85)(H,70,86)(H,71,89)(H,72,92)(H,73,83)(H,74,84)(H,75,88)(H,76,90)(H,77,87)(H,94,95)/t31-,32+,33+,34+,39-,40-,41-,42-,43-,44-,47-,48-,49-,50-,51-/m0/s1. The number of nitrogens with two attached hydrogens (primary N) is 2. The molecule has 33 nitrogen and oxygen atoms in total. The van der Waals surface area contributed by atoms with Crippen molar-refractivity contribution in [2.45, 2.75) is 198 Å². The van der Waals surface area contributed by atoms with Crippen molar-refractivity contribution in [3.05, 3.63) is 54.2 Å². The summed E-state index contributed by atoms with van der Waals surface area (Å²) in [7, 11) is 0. The highest BCUT2D eigenvalue weighted by atomic mass is 32.2. The smallest absolute Gasteiger partial charge is 0.328 e. The van der Waals surface area contributed by atoms with Gasteiger partial charge in [0.15, 0.2) is 6.04 Å². The third kappa shape index (κ3) is 23.6. The number of likely N-dealkylation sites (tertiary alicyclic amines) is 1. The molecule has 0 radical (unpaired) electrons. The minimum Gasteiger partial charge on any atom is -0.480 e. The molecular formula is C62H96N16O17S. The van der Waals surface area contributed by atoms with Gasteiger partial charge in [-0.15, -0.1) is 0 Å². The Bertz CT molecular complexity index is 3180. The van der Waals surface area contributed by atoms with E-state index in [0.717, 1.165) is 17.8 Å². The highest BCUT2D eigenvalue weighted by Crippen LogP contribution is 2.24. The van der Waals surface area contributed by atoms with Crippen LogP contribution < -0.4 is 64.6 Å². The van der Waals surface area contributed by atoms with Crippen molar-refractivity contribution in [1.29, 1.82) is 0 Å². The van der Waals surface area contributed by atoms with Crippen LogP contribution in [-0.2, 0) is 75.2 Å². The van der Waals surface area contributed by atoms with E-state index in [1.165, 1.54) is 43.0 Å². The first-order valence-corrected chi connectivity index (χ1v) is 33.2. The summed E-state index contributed by atoms with van der Waals surface area (Å²) >= 11 is 1.29. The van der Waals surface area contributed by atoms with Crippen molar-refractivity contribution in [3.63, 3.8) is 0 Å². The van der Waals surface area contributed by atoms with Gasteiger partial charge in [0.2, 0.25) is 70.9 Å². The summed E-state index contributed by atoms with van der Waals surface area (Å²) in [5.41, 5.74) is 12.6. The molecule has 34 heteroatoms. The molecule has 3 heterocycles. The molecule has 12 amide bonds. The van der Waals surface area contributed by atoms with Crippen LogP contribution in [0.1, 0.15) is 112 Å². The van der Waals surface area contributed by atoms with Gasteiger partial charge in [0.1, 0.15) is 60.4 Å². The number of carboxylic acid groups (broad SMARTS) is 1. The number of H-pyrrole nitrogens is 2. The molecule has 532 valence electrons. The van der Waals surface area contributed by atoms with E-state index in [-0.39, 0.29) is 56.0 Å². The molecule has 96 heavy (non-hydrogen) atoms. The van der Waals surface area contributed by atoms with Gasteiger partial charge >= 0.3 is 5.97 Å². The number of aliphatic carboxylic acids is 1. The summed E-state index contributed by atoms with van der Waals surface area (Å²) in [5.74, 6) is -13.9. The van der Waals surface area contributed by atoms with Gasteiger partial charge in [-0.3, -0.25) is 57.5 Å². The zero-order valence-electron chi connectivity index (χ0n) is 55.7. The first kappa shape index (κ1) is 79.7. The fourth-order valence-corrected chi connectivity index (χ4v) is 11.1. The van der Waals surface area contributed by atoms with Crippen LogP contribution in [0.25, 0.3) is 10.9 Å². The van der Waals surface area contributed by atoms with Gasteiger partial charge < -0.3 is 99.9 Å². The predicted molar refractivity (Wildman–Crippen MR) is 351 cm³/mol. The number of aliphatic hydroxyl groups is 3. The van der Waals surface area contributed by atoms with E-state index < -0.39 is 186 Å². The van der Waals surface area contributed by atoms with Gasteiger partial charge in [-0.25, -0.2) is 9.78 Å². The Morgan fingerprint density at radius 3 is 1.71 bits per heavy atom. The van der Waals surface area contributed by atoms with Crippen molar-refractivity contribution in [1.82, 2.24) is 73.0 Å². The second kappa shape index (κ2) is 38.1. The Kier molecular flexibility index (Phi) is 31.7. The third-order valence-electron chi connectivity index (χ3n) is 16.2. The fourth-order valence-electron chi connectivity index (χ4n) is 10.6. The number of aromatic nitrogens is 3. The number of para-hydroxylation sites is 1. The normalized spacial score (nSPS) is 17.4. The van der Waals surface area contributed by atoms with Gasteiger partial charge in [-0.2, -0.15) is 11.8 Å². The minimum atomic E-state index is -1.90. The summed E-state index contributed by atoms with van der Waals surface area (Å²) in [6.45, 7) is 13.3. The van der Waals surface area contributed by atoms with Crippen molar-refractivity contribution in [2.75, 3.05) is 25.1 Å². The largest absolute Gasteiger partial charge is 0.480 e. The third-order valence-corrected chi connectivity index (χ3v) is 16.8. The number of hydrogen-bond acceptors (Lipinski definition) is 19. The Hall–Kier alpha value is -8.73. The number of benzene rings is 1. The monoisotopic (exact) mass is 1370 g/mol. The van der Waals surface area contributed by atoms with Crippen LogP contribution in [0.4, 0.5) is 0 Å². The Labute approximate surface area is 560 Å². The van der Waals surface area contributed by atoms with E-state index in [2.05, 4.69) is 68.1 Å². The number of rotatable bonds is 39. The highest BCUT2D eigenvalue weighted by molar-refractivity contribution is 7.98. The van der Waals surface area contributed by atoms with E-state index in [1.54, 1.807) is 78.3 Å². The number of carbonyl (C=O) groups is 13. The number of primary amides is 1. The Balaban J connectivity index is 1.54. The summed E-state index contributed by atoms with van der Waals surface area (Å²) in [6, 6.07) is -9.60. The maximum Gasteiger partial charge on any atom is 0.328 e. The number of carboxylic acids is 1. The van der Waals surface area contributed by atoms with Gasteiger partial charge in [-0.1, -0.05) is 66.2 Å². The van der Waals surface area contributed by atoms with Crippen LogP contribution in [0.5, 0.6) is 0 Å². The number of amides is 12. The van der Waals surface area contributed by atoms with Crippen LogP contribution in [0.3, 0.4) is 0 Å². The average molecular weight is 1370 g/mol. The number of aromatic amines is 2. The van der Waals surface area contributed by atoms with Gasteiger partial charge in [0.05, 0.1) is 37.6 Å². The molecule has 0 saturated carbocycles. The van der Waals surface area contributed by atoms with Crippen LogP contribution in [0, 0.1) is 17.8 Å². The second-order valence-corrected chi connectivity index (χ2v) is 25.8. The molecule has 4 rings (SSSR count). The lowest BCUT2D eigenvalue weighted by molar-refractivity contribution is -0.146. The van der Waals surface area contributed by atoms with Crippen LogP contribution in [0.15, 0.2) is 43.0 Å². The maximum absolute atomic E-state index is 14.6. The molecule has 1 fully saturated rings. The molecule has 2 aromatic heterocycles. The molecule has 3 aromatic rings. The van der Waals surface area contributed by atoms with E-state index in [1.807, 2.05) is 0 Å². The topological polar surface area (TPSA) is 523 Å². The van der Waals surface area contributed by atoms with Crippen molar-refractivity contribution >= 4 is 99.5 Å². The van der Waals surface area contributed by atoms with Gasteiger partial charge in [-0.05, 0) is 87.8 Å². The number of aliphatic hydroxyl groups excluding tert-OH is 3. The van der Waals surface area contributed by atoms with Crippen LogP contribution >= 0.6 is 11.8 Å². The van der Waals surface area contributed by atoms with Gasteiger partial charge in [0.25, 0.3) is 0 Å². The molecule has 0 spiro atoms. The van der Waals surface area contributed by atoms with Crippen molar-refractivity contribution in [2.24, 2.45) is 29.2 Å². The molecule has 0 unspecified atom stereocenters. The molecule has 1 saturated heterocycles. The molecule has 1 aliphatic rings. The summed E-state index contributed by atoms with van der Waals surface area (Å²) < 4.78 is 0. The zero-order valence-corrected chi connectivity index (χ0v) is 56.5. The van der Waals surface area contributed by atoms with E-state index in [4.69, 9.17) is 11.5 Å². The Morgan fingerprint density at radius 1 is 0.635 bits per heavy atom. The summed E-state index contributed by atoms with van der Waals surface area (Å²) in [5, 5.41) is 67.4. The number of nitrogens with zero attached hydrogens (tertiary/aromatic N) is 2. The van der Waals surface area contributed by atoms with Crippen LogP contribution in [0.2, 0.25) is 0 Å². The number of imidazole rings is 1. The Morgan fingerprint density at radius 2 is 1.16 bits per heavy atom. The number of carbonyl (C=O) groups excluding carboxylic acids is 12. The molecule has 1 aromatic carbocycles.